The summed E-state index contributed by atoms with van der Waals surface area (Å²) in [4.78, 5) is 20.7. The highest BCUT2D eigenvalue weighted by Crippen LogP contribution is 2.14. The Hall–Kier alpha value is -1.95. The number of imidazole rings is 1. The van der Waals surface area contributed by atoms with Crippen molar-refractivity contribution in [3.63, 3.8) is 0 Å². The van der Waals surface area contributed by atoms with Crippen LogP contribution in [0.3, 0.4) is 0 Å². The molecule has 3 aromatic rings. The first-order chi connectivity index (χ1) is 9.74. The fourth-order valence-electron chi connectivity index (χ4n) is 2.13. The molecule has 0 aliphatic carbocycles. The van der Waals surface area contributed by atoms with E-state index >= 15 is 0 Å². The van der Waals surface area contributed by atoms with Crippen molar-refractivity contribution in [1.29, 1.82) is 0 Å². The van der Waals surface area contributed by atoms with Crippen molar-refractivity contribution in [3.8, 4) is 0 Å². The van der Waals surface area contributed by atoms with Gasteiger partial charge in [0.15, 0.2) is 0 Å². The van der Waals surface area contributed by atoms with E-state index in [0.717, 1.165) is 23.0 Å². The molecule has 20 heavy (non-hydrogen) atoms. The van der Waals surface area contributed by atoms with Crippen LogP contribution in [0.5, 0.6) is 0 Å². The zero-order valence-corrected chi connectivity index (χ0v) is 12.3. The smallest absolute Gasteiger partial charge is 0.261 e. The van der Waals surface area contributed by atoms with E-state index in [1.54, 1.807) is 23.4 Å². The highest BCUT2D eigenvalue weighted by Gasteiger charge is 2.04. The molecule has 0 saturated heterocycles. The lowest BCUT2D eigenvalue weighted by molar-refractivity contribution is 0.550. The van der Waals surface area contributed by atoms with Gasteiger partial charge in [-0.1, -0.05) is 15.9 Å². The first-order valence-electron chi connectivity index (χ1n) is 6.34. The normalized spacial score (nSPS) is 11.1. The summed E-state index contributed by atoms with van der Waals surface area (Å²) < 4.78 is 4.54. The second kappa shape index (κ2) is 5.58. The second-order valence-corrected chi connectivity index (χ2v) is 5.47. The van der Waals surface area contributed by atoms with Crippen LogP contribution in [0.2, 0.25) is 0 Å². The van der Waals surface area contributed by atoms with Gasteiger partial charge in [-0.25, -0.2) is 9.97 Å². The van der Waals surface area contributed by atoms with E-state index < -0.39 is 0 Å². The zero-order valence-electron chi connectivity index (χ0n) is 10.7. The van der Waals surface area contributed by atoms with Gasteiger partial charge < -0.3 is 4.57 Å². The molecule has 0 radical (unpaired) electrons. The van der Waals surface area contributed by atoms with Crippen LogP contribution in [0.25, 0.3) is 10.9 Å². The average Bonchev–Trinajstić information content (AvgIpc) is 2.95. The molecule has 0 atom stereocenters. The minimum absolute atomic E-state index is 0.00179. The van der Waals surface area contributed by atoms with E-state index in [1.807, 2.05) is 29.0 Å². The van der Waals surface area contributed by atoms with E-state index in [1.165, 1.54) is 0 Å². The van der Waals surface area contributed by atoms with E-state index in [9.17, 15) is 4.79 Å². The summed E-state index contributed by atoms with van der Waals surface area (Å²) in [5, 5.41) is 0.643. The SMILES string of the molecule is O=c1c2cc(Br)ccc2ncn1CCCn1ccnc1. The van der Waals surface area contributed by atoms with Crippen LogP contribution >= 0.6 is 15.9 Å². The third-order valence-electron chi connectivity index (χ3n) is 3.16. The second-order valence-electron chi connectivity index (χ2n) is 4.56. The van der Waals surface area contributed by atoms with Crippen molar-refractivity contribution in [3.05, 3.63) is 58.1 Å². The van der Waals surface area contributed by atoms with Crippen LogP contribution < -0.4 is 5.56 Å². The first kappa shape index (κ1) is 13.1. The average molecular weight is 333 g/mol. The van der Waals surface area contributed by atoms with Gasteiger partial charge in [0.2, 0.25) is 0 Å². The van der Waals surface area contributed by atoms with Gasteiger partial charge in [0.25, 0.3) is 5.56 Å². The predicted molar refractivity (Wildman–Crippen MR) is 80.5 cm³/mol. The maximum atomic E-state index is 12.4. The number of aromatic nitrogens is 4. The molecule has 1 aromatic carbocycles. The molecule has 0 amide bonds. The van der Waals surface area contributed by atoms with Crippen molar-refractivity contribution in [2.45, 2.75) is 19.5 Å². The summed E-state index contributed by atoms with van der Waals surface area (Å²) in [7, 11) is 0. The number of halogens is 1. The Balaban J connectivity index is 1.81. The highest BCUT2D eigenvalue weighted by molar-refractivity contribution is 9.10. The summed E-state index contributed by atoms with van der Waals surface area (Å²) >= 11 is 3.38. The quantitative estimate of drug-likeness (QED) is 0.737. The van der Waals surface area contributed by atoms with Crippen LogP contribution in [0.4, 0.5) is 0 Å². The molecule has 0 bridgehead atoms. The number of benzene rings is 1. The monoisotopic (exact) mass is 332 g/mol. The number of fused-ring (bicyclic) bond motifs is 1. The maximum absolute atomic E-state index is 12.4. The third kappa shape index (κ3) is 2.65. The molecule has 2 heterocycles. The maximum Gasteiger partial charge on any atom is 0.261 e. The molecule has 6 heteroatoms. The molecule has 102 valence electrons. The zero-order chi connectivity index (χ0) is 13.9. The van der Waals surface area contributed by atoms with E-state index in [4.69, 9.17) is 0 Å². The van der Waals surface area contributed by atoms with Crippen molar-refractivity contribution < 1.29 is 0 Å². The molecule has 0 aliphatic rings. The van der Waals surface area contributed by atoms with E-state index in [2.05, 4.69) is 25.9 Å². The summed E-state index contributed by atoms with van der Waals surface area (Å²) in [6.45, 7) is 1.48. The van der Waals surface area contributed by atoms with Gasteiger partial charge in [-0.3, -0.25) is 9.36 Å². The third-order valence-corrected chi connectivity index (χ3v) is 3.65. The molecule has 0 unspecified atom stereocenters. The van der Waals surface area contributed by atoms with Crippen LogP contribution in [0, 0.1) is 0 Å². The van der Waals surface area contributed by atoms with Crippen LogP contribution in [0.1, 0.15) is 6.42 Å². The van der Waals surface area contributed by atoms with Gasteiger partial charge in [0.05, 0.1) is 23.6 Å². The molecule has 2 aromatic heterocycles. The highest BCUT2D eigenvalue weighted by atomic mass is 79.9. The summed E-state index contributed by atoms with van der Waals surface area (Å²) in [6, 6.07) is 5.55. The topological polar surface area (TPSA) is 52.7 Å². The predicted octanol–water partition coefficient (Wildman–Crippen LogP) is 2.45. The number of nitrogens with zero attached hydrogens (tertiary/aromatic N) is 4. The number of hydrogen-bond acceptors (Lipinski definition) is 3. The molecule has 0 saturated carbocycles. The van der Waals surface area contributed by atoms with Gasteiger partial charge in [0, 0.05) is 30.0 Å². The van der Waals surface area contributed by atoms with E-state index in [0.29, 0.717) is 11.9 Å². The van der Waals surface area contributed by atoms with Crippen LogP contribution in [-0.4, -0.2) is 19.1 Å². The lowest BCUT2D eigenvalue weighted by atomic mass is 10.2. The minimum atomic E-state index is 0.00179. The molecule has 3 rings (SSSR count). The molecule has 0 aliphatic heterocycles. The largest absolute Gasteiger partial charge is 0.337 e. The molecule has 5 nitrogen and oxygen atoms in total. The summed E-state index contributed by atoms with van der Waals surface area (Å²) in [6.07, 6.45) is 7.92. The van der Waals surface area contributed by atoms with Gasteiger partial charge in [-0.15, -0.1) is 0 Å². The fraction of sp³-hybridized carbons (Fsp3) is 0.214. The molecular formula is C14H13BrN4O. The van der Waals surface area contributed by atoms with E-state index in [-0.39, 0.29) is 5.56 Å². The Morgan fingerprint density at radius 1 is 1.20 bits per heavy atom. The van der Waals surface area contributed by atoms with Gasteiger partial charge >= 0.3 is 0 Å². The van der Waals surface area contributed by atoms with Gasteiger partial charge in [-0.05, 0) is 24.6 Å². The standard InChI is InChI=1S/C14H13BrN4O/c15-11-2-3-13-12(8-11)14(20)19(10-17-13)6-1-5-18-7-4-16-9-18/h2-4,7-10H,1,5-6H2. The number of aryl methyl sites for hydroxylation is 2. The van der Waals surface area contributed by atoms with Crippen LogP contribution in [-0.2, 0) is 13.1 Å². The number of hydrogen-bond donors (Lipinski definition) is 0. The lowest BCUT2D eigenvalue weighted by Crippen LogP contribution is -2.21. The van der Waals surface area contributed by atoms with Crippen LogP contribution in [0.15, 0.2) is 52.5 Å². The lowest BCUT2D eigenvalue weighted by Gasteiger charge is -2.07. The Kier molecular flexibility index (Phi) is 3.64. The Morgan fingerprint density at radius 3 is 2.90 bits per heavy atom. The fourth-order valence-corrected chi connectivity index (χ4v) is 2.49. The number of rotatable bonds is 4. The molecule has 0 spiro atoms. The van der Waals surface area contributed by atoms with Crippen molar-refractivity contribution in [2.75, 3.05) is 0 Å². The molecular weight excluding hydrogens is 320 g/mol. The summed E-state index contributed by atoms with van der Waals surface area (Å²) in [5.41, 5.74) is 0.728. The summed E-state index contributed by atoms with van der Waals surface area (Å²) in [5.74, 6) is 0. The minimum Gasteiger partial charge on any atom is -0.337 e. The Labute approximate surface area is 124 Å². The van der Waals surface area contributed by atoms with Crippen molar-refractivity contribution in [2.24, 2.45) is 0 Å². The van der Waals surface area contributed by atoms with Gasteiger partial charge in [0.1, 0.15) is 0 Å². The van der Waals surface area contributed by atoms with Crippen molar-refractivity contribution in [1.82, 2.24) is 19.1 Å². The first-order valence-corrected chi connectivity index (χ1v) is 7.14. The Morgan fingerprint density at radius 2 is 2.10 bits per heavy atom. The molecule has 0 fully saturated rings. The molecule has 0 N–H and O–H groups in total. The Bertz CT molecular complexity index is 779. The van der Waals surface area contributed by atoms with Crippen molar-refractivity contribution >= 4 is 26.8 Å². The van der Waals surface area contributed by atoms with Gasteiger partial charge in [-0.2, -0.15) is 0 Å².